The number of ether oxygens (including phenoxy) is 2. The van der Waals surface area contributed by atoms with E-state index in [2.05, 4.69) is 10.6 Å². The van der Waals surface area contributed by atoms with Gasteiger partial charge in [-0.05, 0) is 55.8 Å². The zero-order chi connectivity index (χ0) is 18.0. The number of amides is 2. The number of hydrogen-bond acceptors (Lipinski definition) is 4. The number of halogens is 1. The van der Waals surface area contributed by atoms with Gasteiger partial charge in [0, 0.05) is 10.7 Å². The van der Waals surface area contributed by atoms with Gasteiger partial charge >= 0.3 is 0 Å². The number of rotatable bonds is 4. The van der Waals surface area contributed by atoms with Crippen LogP contribution in [0.3, 0.4) is 0 Å². The molecule has 0 aromatic heterocycles. The van der Waals surface area contributed by atoms with E-state index in [0.717, 1.165) is 5.56 Å². The van der Waals surface area contributed by atoms with E-state index in [1.54, 1.807) is 43.3 Å². The van der Waals surface area contributed by atoms with Crippen molar-refractivity contribution in [2.75, 3.05) is 17.2 Å². The molecular weight excluding hydrogens is 344 g/mol. The Kier molecular flexibility index (Phi) is 4.81. The summed E-state index contributed by atoms with van der Waals surface area (Å²) in [6, 6.07) is 10.2. The third kappa shape index (κ3) is 4.03. The lowest BCUT2D eigenvalue weighted by Crippen LogP contribution is -2.34. The predicted octanol–water partition coefficient (Wildman–Crippen LogP) is 3.39. The molecule has 0 radical (unpaired) electrons. The molecule has 0 saturated heterocycles. The third-order valence-corrected chi connectivity index (χ3v) is 4.12. The molecule has 7 heteroatoms. The van der Waals surface area contributed by atoms with Crippen LogP contribution in [-0.4, -0.2) is 24.5 Å². The summed E-state index contributed by atoms with van der Waals surface area (Å²) in [6.07, 6.45) is -0.538. The van der Waals surface area contributed by atoms with Crippen LogP contribution in [0.25, 0.3) is 0 Å². The summed E-state index contributed by atoms with van der Waals surface area (Å²) in [6.45, 7) is 3.39. The van der Waals surface area contributed by atoms with Crippen LogP contribution in [0.2, 0.25) is 5.02 Å². The Hall–Kier alpha value is -2.73. The summed E-state index contributed by atoms with van der Waals surface area (Å²) in [4.78, 5) is 23.7. The average molecular weight is 361 g/mol. The van der Waals surface area contributed by atoms with E-state index in [-0.39, 0.29) is 18.4 Å². The topological polar surface area (TPSA) is 76.7 Å². The number of nitrogens with one attached hydrogen (secondary N) is 2. The molecule has 130 valence electrons. The Bertz CT molecular complexity index is 838. The SMILES string of the molecule is Cc1cc(OCC(=O)Nc2ccc3c(c2)NC(=O)[C@H](C)O3)ccc1Cl. The summed E-state index contributed by atoms with van der Waals surface area (Å²) in [7, 11) is 0. The maximum Gasteiger partial charge on any atom is 0.265 e. The molecule has 2 amide bonds. The van der Waals surface area contributed by atoms with Gasteiger partial charge in [-0.1, -0.05) is 11.6 Å². The Morgan fingerprint density at radius 1 is 1.32 bits per heavy atom. The van der Waals surface area contributed by atoms with Gasteiger partial charge in [0.1, 0.15) is 11.5 Å². The Balaban J connectivity index is 1.60. The molecule has 1 heterocycles. The van der Waals surface area contributed by atoms with E-state index in [1.807, 2.05) is 6.92 Å². The number of anilines is 2. The molecule has 0 spiro atoms. The van der Waals surface area contributed by atoms with Crippen molar-refractivity contribution in [3.05, 3.63) is 47.0 Å². The predicted molar refractivity (Wildman–Crippen MR) is 95.5 cm³/mol. The minimum atomic E-state index is -0.538. The van der Waals surface area contributed by atoms with E-state index in [4.69, 9.17) is 21.1 Å². The molecule has 0 aliphatic carbocycles. The second-order valence-electron chi connectivity index (χ2n) is 5.71. The van der Waals surface area contributed by atoms with Crippen molar-refractivity contribution in [2.45, 2.75) is 20.0 Å². The van der Waals surface area contributed by atoms with Crippen molar-refractivity contribution in [2.24, 2.45) is 0 Å². The molecule has 1 atom stereocenters. The Morgan fingerprint density at radius 3 is 2.88 bits per heavy atom. The van der Waals surface area contributed by atoms with Gasteiger partial charge in [0.15, 0.2) is 12.7 Å². The number of carbonyl (C=O) groups excluding carboxylic acids is 2. The minimum absolute atomic E-state index is 0.141. The number of aryl methyl sites for hydroxylation is 1. The maximum atomic E-state index is 12.0. The first-order chi connectivity index (χ1) is 11.9. The summed E-state index contributed by atoms with van der Waals surface area (Å²) < 4.78 is 10.9. The molecule has 0 saturated carbocycles. The molecule has 6 nitrogen and oxygen atoms in total. The van der Waals surface area contributed by atoms with Crippen LogP contribution in [0.4, 0.5) is 11.4 Å². The molecule has 2 aromatic carbocycles. The van der Waals surface area contributed by atoms with E-state index in [9.17, 15) is 9.59 Å². The van der Waals surface area contributed by atoms with Crippen molar-refractivity contribution >= 4 is 34.8 Å². The molecule has 3 rings (SSSR count). The van der Waals surface area contributed by atoms with Crippen LogP contribution in [0, 0.1) is 6.92 Å². The van der Waals surface area contributed by atoms with E-state index >= 15 is 0 Å². The molecule has 25 heavy (non-hydrogen) atoms. The van der Waals surface area contributed by atoms with Gasteiger partial charge in [-0.25, -0.2) is 0 Å². The summed E-state index contributed by atoms with van der Waals surface area (Å²) in [5.41, 5.74) is 1.94. The van der Waals surface area contributed by atoms with Crippen LogP contribution in [0.5, 0.6) is 11.5 Å². The fourth-order valence-corrected chi connectivity index (χ4v) is 2.46. The minimum Gasteiger partial charge on any atom is -0.484 e. The largest absolute Gasteiger partial charge is 0.484 e. The van der Waals surface area contributed by atoms with Crippen LogP contribution in [0.1, 0.15) is 12.5 Å². The first kappa shape index (κ1) is 17.1. The zero-order valence-electron chi connectivity index (χ0n) is 13.8. The summed E-state index contributed by atoms with van der Waals surface area (Å²) in [5, 5.41) is 6.09. The lowest BCUT2D eigenvalue weighted by Gasteiger charge is -2.23. The Morgan fingerprint density at radius 2 is 2.12 bits per heavy atom. The smallest absolute Gasteiger partial charge is 0.265 e. The van der Waals surface area contributed by atoms with Crippen LogP contribution < -0.4 is 20.1 Å². The van der Waals surface area contributed by atoms with Crippen molar-refractivity contribution < 1.29 is 19.1 Å². The fourth-order valence-electron chi connectivity index (χ4n) is 2.34. The van der Waals surface area contributed by atoms with Gasteiger partial charge in [0.05, 0.1) is 5.69 Å². The number of hydrogen-bond donors (Lipinski definition) is 2. The van der Waals surface area contributed by atoms with Gasteiger partial charge < -0.3 is 20.1 Å². The maximum absolute atomic E-state index is 12.0. The second kappa shape index (κ2) is 7.03. The van der Waals surface area contributed by atoms with Crippen molar-refractivity contribution in [1.82, 2.24) is 0 Å². The van der Waals surface area contributed by atoms with Crippen molar-refractivity contribution in [3.8, 4) is 11.5 Å². The second-order valence-corrected chi connectivity index (χ2v) is 6.12. The lowest BCUT2D eigenvalue weighted by atomic mass is 10.2. The monoisotopic (exact) mass is 360 g/mol. The van der Waals surface area contributed by atoms with Gasteiger partial charge in [-0.2, -0.15) is 0 Å². The van der Waals surface area contributed by atoms with E-state index < -0.39 is 6.10 Å². The molecular formula is C18H17ClN2O4. The van der Waals surface area contributed by atoms with Crippen LogP contribution >= 0.6 is 11.6 Å². The molecule has 2 N–H and O–H groups in total. The number of benzene rings is 2. The molecule has 1 aliphatic heterocycles. The van der Waals surface area contributed by atoms with Gasteiger partial charge in [-0.3, -0.25) is 9.59 Å². The summed E-state index contributed by atoms with van der Waals surface area (Å²) in [5.74, 6) is 0.594. The molecule has 0 fully saturated rings. The summed E-state index contributed by atoms with van der Waals surface area (Å²) >= 11 is 5.95. The van der Waals surface area contributed by atoms with Crippen molar-refractivity contribution in [3.63, 3.8) is 0 Å². The van der Waals surface area contributed by atoms with Gasteiger partial charge in [0.25, 0.3) is 11.8 Å². The van der Waals surface area contributed by atoms with E-state index in [0.29, 0.717) is 27.9 Å². The van der Waals surface area contributed by atoms with Gasteiger partial charge in [0.2, 0.25) is 0 Å². The van der Waals surface area contributed by atoms with E-state index in [1.165, 1.54) is 0 Å². The molecule has 2 aromatic rings. The highest BCUT2D eigenvalue weighted by molar-refractivity contribution is 6.31. The first-order valence-corrected chi connectivity index (χ1v) is 8.10. The van der Waals surface area contributed by atoms with Gasteiger partial charge in [-0.15, -0.1) is 0 Å². The standard InChI is InChI=1S/C18H17ClN2O4/c1-10-7-13(4-5-14(10)19)24-9-17(22)20-12-3-6-16-15(8-12)21-18(23)11(2)25-16/h3-8,11H,9H2,1-2H3,(H,20,22)(H,21,23)/t11-/m0/s1. The molecule has 0 bridgehead atoms. The fraction of sp³-hybridized carbons (Fsp3) is 0.222. The van der Waals surface area contributed by atoms with Crippen LogP contribution in [0.15, 0.2) is 36.4 Å². The molecule has 0 unspecified atom stereocenters. The highest BCUT2D eigenvalue weighted by Crippen LogP contribution is 2.32. The zero-order valence-corrected chi connectivity index (χ0v) is 14.5. The lowest BCUT2D eigenvalue weighted by molar-refractivity contribution is -0.122. The first-order valence-electron chi connectivity index (χ1n) is 7.73. The average Bonchev–Trinajstić information content (AvgIpc) is 2.57. The normalized spacial score (nSPS) is 15.6. The number of fused-ring (bicyclic) bond motifs is 1. The quantitative estimate of drug-likeness (QED) is 0.876. The highest BCUT2D eigenvalue weighted by atomic mass is 35.5. The highest BCUT2D eigenvalue weighted by Gasteiger charge is 2.23. The molecule has 1 aliphatic rings. The van der Waals surface area contributed by atoms with Crippen LogP contribution in [-0.2, 0) is 9.59 Å². The Labute approximate surface area is 150 Å². The third-order valence-electron chi connectivity index (χ3n) is 3.69. The number of carbonyl (C=O) groups is 2. The van der Waals surface area contributed by atoms with Crippen molar-refractivity contribution in [1.29, 1.82) is 0 Å².